The number of thiazole rings is 1. The zero-order chi connectivity index (χ0) is 16.5. The minimum atomic E-state index is -0.171. The molecule has 7 nitrogen and oxygen atoms in total. The van der Waals surface area contributed by atoms with E-state index in [1.807, 2.05) is 11.6 Å². The molecule has 1 aliphatic heterocycles. The summed E-state index contributed by atoms with van der Waals surface area (Å²) in [5, 5.41) is 17.7. The van der Waals surface area contributed by atoms with Crippen LogP contribution in [0.4, 0.5) is 0 Å². The Balaban J connectivity index is 0.00000121. The summed E-state index contributed by atoms with van der Waals surface area (Å²) >= 11 is 1.61. The number of nitrogens with zero attached hydrogens (tertiary/aromatic N) is 4. The lowest BCUT2D eigenvalue weighted by Gasteiger charge is -2.23. The monoisotopic (exact) mass is 418 g/mol. The largest absolute Gasteiger partial charge is 0.344 e. The highest BCUT2D eigenvalue weighted by molar-refractivity contribution is 7.09. The van der Waals surface area contributed by atoms with Crippen LogP contribution in [0.15, 0.2) is 5.38 Å². The van der Waals surface area contributed by atoms with E-state index in [-0.39, 0.29) is 30.7 Å². The number of nitrogens with one attached hydrogen (secondary N) is 2. The van der Waals surface area contributed by atoms with Crippen molar-refractivity contribution in [2.24, 2.45) is 0 Å². The Hall–Kier alpha value is -1.22. The van der Waals surface area contributed by atoms with Gasteiger partial charge in [-0.3, -0.25) is 4.79 Å². The van der Waals surface area contributed by atoms with E-state index in [9.17, 15) is 4.79 Å². The fourth-order valence-corrected chi connectivity index (χ4v) is 3.98. The first kappa shape index (κ1) is 21.1. The number of carbonyl (C=O) groups excluding carboxylic acids is 1. The quantitative estimate of drug-likeness (QED) is 0.779. The van der Waals surface area contributed by atoms with Gasteiger partial charge in [-0.05, 0) is 45.7 Å². The predicted molar refractivity (Wildman–Crippen MR) is 106 cm³/mol. The zero-order valence-electron chi connectivity index (χ0n) is 14.6. The Morgan fingerprint density at radius 1 is 1.31 bits per heavy atom. The first-order valence-corrected chi connectivity index (χ1v) is 9.45. The smallest absolute Gasteiger partial charge is 0.274 e. The molecule has 0 spiro atoms. The Morgan fingerprint density at radius 3 is 2.73 bits per heavy atom. The van der Waals surface area contributed by atoms with Crippen LogP contribution in [0, 0.1) is 6.92 Å². The molecule has 2 fully saturated rings. The van der Waals surface area contributed by atoms with Gasteiger partial charge in [-0.15, -0.1) is 41.2 Å². The highest BCUT2D eigenvalue weighted by Crippen LogP contribution is 2.40. The summed E-state index contributed by atoms with van der Waals surface area (Å²) in [5.74, 6) is 0.480. The molecule has 2 aliphatic rings. The van der Waals surface area contributed by atoms with Crippen LogP contribution in [0.2, 0.25) is 0 Å². The molecule has 0 atom stereocenters. The number of aromatic nitrogens is 4. The first-order chi connectivity index (χ1) is 11.7. The van der Waals surface area contributed by atoms with Crippen LogP contribution in [-0.4, -0.2) is 39.0 Å². The highest BCUT2D eigenvalue weighted by atomic mass is 35.5. The van der Waals surface area contributed by atoms with Crippen molar-refractivity contribution in [3.05, 3.63) is 27.5 Å². The van der Waals surface area contributed by atoms with E-state index in [0.717, 1.165) is 36.6 Å². The summed E-state index contributed by atoms with van der Waals surface area (Å²) < 4.78 is 1.91. The average Bonchev–Trinajstić information content (AvgIpc) is 3.22. The van der Waals surface area contributed by atoms with Crippen LogP contribution in [0.3, 0.4) is 0 Å². The molecule has 2 N–H and O–H groups in total. The van der Waals surface area contributed by atoms with Gasteiger partial charge >= 0.3 is 0 Å². The van der Waals surface area contributed by atoms with Gasteiger partial charge in [-0.2, -0.15) is 0 Å². The van der Waals surface area contributed by atoms with Gasteiger partial charge in [0.05, 0.1) is 24.0 Å². The molecule has 0 radical (unpaired) electrons. The molecule has 2 aromatic rings. The fourth-order valence-electron chi connectivity index (χ4n) is 3.16. The lowest BCUT2D eigenvalue weighted by Crippen LogP contribution is -2.30. The summed E-state index contributed by atoms with van der Waals surface area (Å²) in [4.78, 5) is 17.0. The van der Waals surface area contributed by atoms with Gasteiger partial charge in [-0.1, -0.05) is 5.21 Å². The molecule has 1 amide bonds. The van der Waals surface area contributed by atoms with Crippen molar-refractivity contribution in [2.75, 3.05) is 13.1 Å². The second-order valence-electron chi connectivity index (χ2n) is 6.57. The Labute approximate surface area is 169 Å². The van der Waals surface area contributed by atoms with Crippen LogP contribution >= 0.6 is 36.2 Å². The lowest BCUT2D eigenvalue weighted by atomic mass is 10.1. The van der Waals surface area contributed by atoms with Gasteiger partial charge in [0, 0.05) is 11.3 Å². The third-order valence-electron chi connectivity index (χ3n) is 4.76. The third kappa shape index (κ3) is 4.54. The maximum Gasteiger partial charge on any atom is 0.274 e. The molecule has 0 bridgehead atoms. The number of carbonyl (C=O) groups is 1. The topological polar surface area (TPSA) is 84.7 Å². The van der Waals surface area contributed by atoms with E-state index in [0.29, 0.717) is 24.2 Å². The van der Waals surface area contributed by atoms with Crippen LogP contribution in [0.25, 0.3) is 0 Å². The Kier molecular flexibility index (Phi) is 7.40. The van der Waals surface area contributed by atoms with Crippen LogP contribution < -0.4 is 10.6 Å². The number of hydrogen-bond donors (Lipinski definition) is 2. The number of halogens is 2. The van der Waals surface area contributed by atoms with Crippen molar-refractivity contribution in [3.8, 4) is 0 Å². The van der Waals surface area contributed by atoms with E-state index in [2.05, 4.69) is 31.3 Å². The maximum atomic E-state index is 12.4. The molecule has 4 rings (SSSR count). The predicted octanol–water partition coefficient (Wildman–Crippen LogP) is 2.62. The Bertz CT molecular complexity index is 739. The van der Waals surface area contributed by atoms with E-state index in [4.69, 9.17) is 0 Å². The van der Waals surface area contributed by atoms with Crippen molar-refractivity contribution in [3.63, 3.8) is 0 Å². The van der Waals surface area contributed by atoms with Crippen molar-refractivity contribution < 1.29 is 4.79 Å². The molecule has 144 valence electrons. The van der Waals surface area contributed by atoms with Crippen molar-refractivity contribution in [1.82, 2.24) is 30.6 Å². The second-order valence-corrected chi connectivity index (χ2v) is 7.51. The van der Waals surface area contributed by atoms with E-state index in [1.54, 1.807) is 11.3 Å². The summed E-state index contributed by atoms with van der Waals surface area (Å²) in [6.07, 6.45) is 4.53. The van der Waals surface area contributed by atoms with Crippen LogP contribution in [0.5, 0.6) is 0 Å². The molecule has 1 aliphatic carbocycles. The molecule has 3 heterocycles. The van der Waals surface area contributed by atoms with Gasteiger partial charge in [0.15, 0.2) is 5.69 Å². The van der Waals surface area contributed by atoms with Crippen LogP contribution in [-0.2, 0) is 6.54 Å². The normalized spacial score (nSPS) is 17.3. The summed E-state index contributed by atoms with van der Waals surface area (Å²) in [6.45, 7) is 4.35. The SMILES string of the molecule is Cc1c(C(=O)NCc2nc(C3CC3)cs2)nnn1C1CCNCC1.Cl.Cl. The molecule has 0 unspecified atom stereocenters. The molecular weight excluding hydrogens is 395 g/mol. The van der Waals surface area contributed by atoms with Gasteiger partial charge in [0.25, 0.3) is 5.91 Å². The number of hydrogen-bond acceptors (Lipinski definition) is 6. The molecule has 0 aromatic carbocycles. The molecule has 26 heavy (non-hydrogen) atoms. The summed E-state index contributed by atoms with van der Waals surface area (Å²) in [6, 6.07) is 0.334. The molecule has 2 aromatic heterocycles. The van der Waals surface area contributed by atoms with Crippen molar-refractivity contribution in [1.29, 1.82) is 0 Å². The van der Waals surface area contributed by atoms with Gasteiger partial charge in [0.1, 0.15) is 5.01 Å². The Morgan fingerprint density at radius 2 is 2.04 bits per heavy atom. The van der Waals surface area contributed by atoms with Crippen molar-refractivity contribution in [2.45, 2.75) is 51.1 Å². The second kappa shape index (κ2) is 9.12. The molecule has 10 heteroatoms. The first-order valence-electron chi connectivity index (χ1n) is 8.57. The van der Waals surface area contributed by atoms with Gasteiger partial charge in [-0.25, -0.2) is 9.67 Å². The average molecular weight is 419 g/mol. The highest BCUT2D eigenvalue weighted by Gasteiger charge is 2.26. The standard InChI is InChI=1S/C16H22N6OS.2ClH/c1-10-15(20-21-22(10)12-4-6-17-7-5-12)16(23)18-8-14-19-13(9-24-14)11-2-3-11;;/h9,11-12,17H,2-8H2,1H3,(H,18,23);2*1H. The molecule has 1 saturated carbocycles. The summed E-state index contributed by atoms with van der Waals surface area (Å²) in [5.41, 5.74) is 2.45. The third-order valence-corrected chi connectivity index (χ3v) is 5.63. The molecular formula is C16H24Cl2N6OS. The van der Waals surface area contributed by atoms with Gasteiger partial charge in [0.2, 0.25) is 0 Å². The summed E-state index contributed by atoms with van der Waals surface area (Å²) in [7, 11) is 0. The van der Waals surface area contributed by atoms with E-state index >= 15 is 0 Å². The molecule has 1 saturated heterocycles. The fraction of sp³-hybridized carbons (Fsp3) is 0.625. The maximum absolute atomic E-state index is 12.4. The van der Waals surface area contributed by atoms with Crippen molar-refractivity contribution >= 4 is 42.1 Å². The lowest BCUT2D eigenvalue weighted by molar-refractivity contribution is 0.0945. The number of rotatable bonds is 5. The van der Waals surface area contributed by atoms with Crippen LogP contribution in [0.1, 0.15) is 64.5 Å². The number of piperidine rings is 1. The van der Waals surface area contributed by atoms with E-state index < -0.39 is 0 Å². The van der Waals surface area contributed by atoms with E-state index in [1.165, 1.54) is 18.5 Å². The minimum absolute atomic E-state index is 0. The zero-order valence-corrected chi connectivity index (χ0v) is 17.1. The number of amides is 1. The van der Waals surface area contributed by atoms with Gasteiger partial charge < -0.3 is 10.6 Å². The minimum Gasteiger partial charge on any atom is -0.344 e.